The van der Waals surface area contributed by atoms with Gasteiger partial charge in [0.25, 0.3) is 5.91 Å². The van der Waals surface area contributed by atoms with E-state index in [-0.39, 0.29) is 11.3 Å². The summed E-state index contributed by atoms with van der Waals surface area (Å²) in [4.78, 5) is 12.3. The molecule has 0 aromatic heterocycles. The van der Waals surface area contributed by atoms with Gasteiger partial charge in [-0.15, -0.1) is 0 Å². The fourth-order valence-electron chi connectivity index (χ4n) is 3.58. The van der Waals surface area contributed by atoms with Crippen LogP contribution in [0.4, 0.5) is 0 Å². The zero-order chi connectivity index (χ0) is 20.9. The first-order valence-corrected chi connectivity index (χ1v) is 10.6. The summed E-state index contributed by atoms with van der Waals surface area (Å²) in [6, 6.07) is 14.3. The lowest BCUT2D eigenvalue weighted by Gasteiger charge is -2.19. The molecular formula is C25H33NO3. The van der Waals surface area contributed by atoms with Crippen LogP contribution in [0.25, 0.3) is 0 Å². The van der Waals surface area contributed by atoms with Gasteiger partial charge in [-0.1, -0.05) is 39.0 Å². The molecule has 0 aliphatic heterocycles. The number of carbonyl (C=O) groups excluding carboxylic acids is 1. The van der Waals surface area contributed by atoms with Crippen LogP contribution in [0.3, 0.4) is 0 Å². The van der Waals surface area contributed by atoms with Gasteiger partial charge in [0.15, 0.2) is 6.10 Å². The van der Waals surface area contributed by atoms with Crippen LogP contribution in [0.1, 0.15) is 57.2 Å². The highest BCUT2D eigenvalue weighted by Crippen LogP contribution is 2.26. The second-order valence-electron chi connectivity index (χ2n) is 8.81. The van der Waals surface area contributed by atoms with Crippen molar-refractivity contribution < 1.29 is 14.3 Å². The van der Waals surface area contributed by atoms with Gasteiger partial charge in [0.05, 0.1) is 6.54 Å². The van der Waals surface area contributed by atoms with Gasteiger partial charge in [-0.05, 0) is 79.0 Å². The van der Waals surface area contributed by atoms with E-state index < -0.39 is 6.10 Å². The van der Waals surface area contributed by atoms with Gasteiger partial charge < -0.3 is 14.8 Å². The van der Waals surface area contributed by atoms with Gasteiger partial charge in [0, 0.05) is 0 Å². The molecular weight excluding hydrogens is 362 g/mol. The van der Waals surface area contributed by atoms with Crippen LogP contribution in [0, 0.1) is 0 Å². The topological polar surface area (TPSA) is 47.6 Å². The molecule has 156 valence electrons. The number of fused-ring (bicyclic) bond motifs is 1. The molecule has 1 amide bonds. The zero-order valence-electron chi connectivity index (χ0n) is 18.1. The maximum atomic E-state index is 12.3. The van der Waals surface area contributed by atoms with Crippen molar-refractivity contribution in [3.63, 3.8) is 0 Å². The van der Waals surface area contributed by atoms with Crippen LogP contribution < -0.4 is 14.8 Å². The van der Waals surface area contributed by atoms with Crippen LogP contribution in [0.5, 0.6) is 11.5 Å². The van der Waals surface area contributed by atoms with Crippen molar-refractivity contribution in [2.24, 2.45) is 0 Å². The molecule has 0 bridgehead atoms. The minimum Gasteiger partial charge on any atom is -0.492 e. The number of benzene rings is 2. The van der Waals surface area contributed by atoms with E-state index in [0.717, 1.165) is 24.3 Å². The van der Waals surface area contributed by atoms with E-state index in [0.29, 0.717) is 13.2 Å². The average Bonchev–Trinajstić information content (AvgIpc) is 2.70. The second kappa shape index (κ2) is 9.34. The van der Waals surface area contributed by atoms with Gasteiger partial charge in [0.2, 0.25) is 0 Å². The number of aryl methyl sites for hydroxylation is 2. The first-order valence-electron chi connectivity index (χ1n) is 10.6. The van der Waals surface area contributed by atoms with E-state index >= 15 is 0 Å². The molecule has 1 aliphatic rings. The smallest absolute Gasteiger partial charge is 0.260 e. The molecule has 0 saturated heterocycles. The van der Waals surface area contributed by atoms with Crippen molar-refractivity contribution in [3.05, 3.63) is 59.2 Å². The van der Waals surface area contributed by atoms with Crippen LogP contribution in [0.15, 0.2) is 42.5 Å². The number of ether oxygens (including phenoxy) is 2. The maximum absolute atomic E-state index is 12.3. The lowest BCUT2D eigenvalue weighted by atomic mass is 9.87. The van der Waals surface area contributed by atoms with E-state index in [2.05, 4.69) is 50.4 Å². The third-order valence-corrected chi connectivity index (χ3v) is 5.39. The first-order chi connectivity index (χ1) is 13.8. The van der Waals surface area contributed by atoms with Gasteiger partial charge in [-0.3, -0.25) is 4.79 Å². The fourth-order valence-corrected chi connectivity index (χ4v) is 3.58. The highest BCUT2D eigenvalue weighted by atomic mass is 16.5. The van der Waals surface area contributed by atoms with Crippen LogP contribution in [-0.2, 0) is 23.1 Å². The minimum atomic E-state index is -0.539. The molecule has 0 unspecified atom stereocenters. The first kappa shape index (κ1) is 21.2. The summed E-state index contributed by atoms with van der Waals surface area (Å²) < 4.78 is 11.6. The van der Waals surface area contributed by atoms with Crippen molar-refractivity contribution >= 4 is 5.91 Å². The number of rotatable bonds is 7. The number of hydrogen-bond acceptors (Lipinski definition) is 3. The molecule has 0 saturated carbocycles. The number of hydrogen-bond donors (Lipinski definition) is 1. The number of carbonyl (C=O) groups is 1. The maximum Gasteiger partial charge on any atom is 0.260 e. The molecule has 2 aromatic rings. The quantitative estimate of drug-likeness (QED) is 0.684. The second-order valence-corrected chi connectivity index (χ2v) is 8.81. The predicted molar refractivity (Wildman–Crippen MR) is 117 cm³/mol. The zero-order valence-corrected chi connectivity index (χ0v) is 18.1. The summed E-state index contributed by atoms with van der Waals surface area (Å²) in [5, 5.41) is 2.88. The molecule has 4 heteroatoms. The molecule has 29 heavy (non-hydrogen) atoms. The fraction of sp³-hybridized carbons (Fsp3) is 0.480. The average molecular weight is 396 g/mol. The van der Waals surface area contributed by atoms with Crippen molar-refractivity contribution in [3.8, 4) is 11.5 Å². The van der Waals surface area contributed by atoms with Crippen LogP contribution in [-0.4, -0.2) is 25.2 Å². The molecule has 1 N–H and O–H groups in total. The molecule has 4 nitrogen and oxygen atoms in total. The Morgan fingerprint density at radius 3 is 2.34 bits per heavy atom. The number of amides is 1. The van der Waals surface area contributed by atoms with Crippen molar-refractivity contribution in [1.82, 2.24) is 5.32 Å². The third-order valence-electron chi connectivity index (χ3n) is 5.39. The highest BCUT2D eigenvalue weighted by molar-refractivity contribution is 5.80. The van der Waals surface area contributed by atoms with E-state index in [1.165, 1.54) is 29.5 Å². The van der Waals surface area contributed by atoms with Crippen LogP contribution in [0.2, 0.25) is 0 Å². The van der Waals surface area contributed by atoms with Gasteiger partial charge in [-0.2, -0.15) is 0 Å². The largest absolute Gasteiger partial charge is 0.492 e. The Balaban J connectivity index is 1.41. The van der Waals surface area contributed by atoms with Gasteiger partial charge in [0.1, 0.15) is 18.1 Å². The van der Waals surface area contributed by atoms with Crippen molar-refractivity contribution in [1.29, 1.82) is 0 Å². The van der Waals surface area contributed by atoms with Gasteiger partial charge >= 0.3 is 0 Å². The standard InChI is InChI=1S/C25H33NO3/c1-18(29-23-12-9-19-7-5-6-8-20(19)17-23)24(27)26-15-16-28-22-13-10-21(11-14-22)25(2,3)4/h9-14,17-18H,5-8,15-16H2,1-4H3,(H,26,27)/t18-/m0/s1. The molecule has 0 radical (unpaired) electrons. The minimum absolute atomic E-state index is 0.126. The summed E-state index contributed by atoms with van der Waals surface area (Å²) >= 11 is 0. The lowest BCUT2D eigenvalue weighted by Crippen LogP contribution is -2.38. The molecule has 0 heterocycles. The molecule has 1 atom stereocenters. The summed E-state index contributed by atoms with van der Waals surface area (Å²) in [6.07, 6.45) is 4.19. The summed E-state index contributed by atoms with van der Waals surface area (Å²) in [5.74, 6) is 1.45. The van der Waals surface area contributed by atoms with Gasteiger partial charge in [-0.25, -0.2) is 0 Å². The normalized spacial score (nSPS) is 14.6. The Hall–Kier alpha value is -2.49. The molecule has 3 rings (SSSR count). The molecule has 0 fully saturated rings. The Bertz CT molecular complexity index is 821. The Morgan fingerprint density at radius 2 is 1.66 bits per heavy atom. The van der Waals surface area contributed by atoms with Crippen LogP contribution >= 0.6 is 0 Å². The van der Waals surface area contributed by atoms with Crippen molar-refractivity contribution in [2.45, 2.75) is 64.9 Å². The Labute approximate surface area is 174 Å². The van der Waals surface area contributed by atoms with E-state index in [9.17, 15) is 4.79 Å². The van der Waals surface area contributed by atoms with E-state index in [1.54, 1.807) is 6.92 Å². The number of nitrogens with one attached hydrogen (secondary N) is 1. The Morgan fingerprint density at radius 1 is 1.00 bits per heavy atom. The SMILES string of the molecule is C[C@H](Oc1ccc2c(c1)CCCC2)C(=O)NCCOc1ccc(C(C)(C)C)cc1. The van der Waals surface area contributed by atoms with E-state index in [4.69, 9.17) is 9.47 Å². The summed E-state index contributed by atoms with van der Waals surface area (Å²) in [7, 11) is 0. The lowest BCUT2D eigenvalue weighted by molar-refractivity contribution is -0.127. The van der Waals surface area contributed by atoms with E-state index in [1.807, 2.05) is 18.2 Å². The predicted octanol–water partition coefficient (Wildman–Crippen LogP) is 4.83. The molecule has 0 spiro atoms. The summed E-state index contributed by atoms with van der Waals surface area (Å²) in [5.41, 5.74) is 4.16. The molecule has 1 aliphatic carbocycles. The monoisotopic (exact) mass is 395 g/mol. The Kier molecular flexibility index (Phi) is 6.83. The summed E-state index contributed by atoms with van der Waals surface area (Å²) in [6.45, 7) is 9.20. The highest BCUT2D eigenvalue weighted by Gasteiger charge is 2.16. The molecule has 2 aromatic carbocycles. The third kappa shape index (κ3) is 5.99. The van der Waals surface area contributed by atoms with Crippen molar-refractivity contribution in [2.75, 3.05) is 13.2 Å².